The number of nitrogens with zero attached hydrogens (tertiary/aromatic N) is 2. The number of nitrogens with one attached hydrogen (secondary N) is 1. The molecular formula is C19H22BrN3O2S. The van der Waals surface area contributed by atoms with Crippen molar-refractivity contribution >= 4 is 44.2 Å². The molecule has 0 spiro atoms. The summed E-state index contributed by atoms with van der Waals surface area (Å²) in [5, 5.41) is 3.51. The Kier molecular flexibility index (Phi) is 6.09. The van der Waals surface area contributed by atoms with Gasteiger partial charge in [-0.3, -0.25) is 9.59 Å². The number of carbonyl (C=O) groups excluding carboxylic acids is 2. The third-order valence-corrected chi connectivity index (χ3v) is 5.72. The molecule has 26 heavy (non-hydrogen) atoms. The number of fused-ring (bicyclic) bond motifs is 1. The number of anilines is 1. The normalized spacial score (nSPS) is 13.6. The number of hydrogen-bond acceptors (Lipinski definition) is 4. The van der Waals surface area contributed by atoms with E-state index in [0.29, 0.717) is 37.0 Å². The van der Waals surface area contributed by atoms with Gasteiger partial charge in [0.05, 0.1) is 18.7 Å². The van der Waals surface area contributed by atoms with E-state index in [0.717, 1.165) is 27.0 Å². The summed E-state index contributed by atoms with van der Waals surface area (Å²) in [4.78, 5) is 32.0. The van der Waals surface area contributed by atoms with Gasteiger partial charge in [-0.2, -0.15) is 0 Å². The lowest BCUT2D eigenvalue weighted by molar-refractivity contribution is -0.132. The number of rotatable bonds is 5. The molecule has 7 heteroatoms. The summed E-state index contributed by atoms with van der Waals surface area (Å²) in [5.41, 5.74) is 1.96. The lowest BCUT2D eigenvalue weighted by Gasteiger charge is -2.26. The number of hydrogen-bond donors (Lipinski definition) is 1. The highest BCUT2D eigenvalue weighted by atomic mass is 79.9. The molecule has 2 aromatic rings. The second kappa shape index (κ2) is 8.31. The van der Waals surface area contributed by atoms with E-state index in [1.54, 1.807) is 0 Å². The van der Waals surface area contributed by atoms with Crippen LogP contribution in [-0.4, -0.2) is 28.2 Å². The van der Waals surface area contributed by atoms with Crippen LogP contribution in [0, 0.1) is 5.92 Å². The van der Waals surface area contributed by atoms with Crippen LogP contribution in [0.4, 0.5) is 5.13 Å². The van der Waals surface area contributed by atoms with Gasteiger partial charge in [-0.25, -0.2) is 4.98 Å². The summed E-state index contributed by atoms with van der Waals surface area (Å²) in [6, 6.07) is 7.70. The highest BCUT2D eigenvalue weighted by Crippen LogP contribution is 2.29. The van der Waals surface area contributed by atoms with Crippen molar-refractivity contribution in [3.8, 4) is 0 Å². The van der Waals surface area contributed by atoms with Crippen molar-refractivity contribution in [1.29, 1.82) is 0 Å². The van der Waals surface area contributed by atoms with Crippen molar-refractivity contribution in [3.05, 3.63) is 44.9 Å². The largest absolute Gasteiger partial charge is 0.337 e. The van der Waals surface area contributed by atoms with Gasteiger partial charge < -0.3 is 10.2 Å². The van der Waals surface area contributed by atoms with Gasteiger partial charge in [-0.05, 0) is 23.6 Å². The molecule has 2 heterocycles. The van der Waals surface area contributed by atoms with E-state index in [9.17, 15) is 9.59 Å². The zero-order valence-electron chi connectivity index (χ0n) is 14.9. The summed E-state index contributed by atoms with van der Waals surface area (Å²) in [7, 11) is 0. The summed E-state index contributed by atoms with van der Waals surface area (Å²) < 4.78 is 0.992. The molecule has 2 amide bonds. The van der Waals surface area contributed by atoms with Crippen LogP contribution in [0.25, 0.3) is 0 Å². The molecule has 0 fully saturated rings. The van der Waals surface area contributed by atoms with Gasteiger partial charge >= 0.3 is 0 Å². The fraction of sp³-hybridized carbons (Fsp3) is 0.421. The fourth-order valence-electron chi connectivity index (χ4n) is 2.89. The SMILES string of the molecule is CC(C)CC(=O)N1CCc2nc(NC(=O)Cc3ccc(Br)cc3)sc2C1. The summed E-state index contributed by atoms with van der Waals surface area (Å²) in [6.07, 6.45) is 1.64. The Balaban J connectivity index is 1.60. The summed E-state index contributed by atoms with van der Waals surface area (Å²) >= 11 is 4.86. The zero-order valence-corrected chi connectivity index (χ0v) is 17.3. The molecule has 3 rings (SSSR count). The molecule has 0 saturated carbocycles. The van der Waals surface area contributed by atoms with Crippen molar-refractivity contribution in [3.63, 3.8) is 0 Å². The number of amides is 2. The van der Waals surface area contributed by atoms with Crippen LogP contribution in [0.15, 0.2) is 28.7 Å². The molecule has 1 N–H and O–H groups in total. The Morgan fingerprint density at radius 2 is 2.04 bits per heavy atom. The molecule has 0 saturated heterocycles. The first-order valence-electron chi connectivity index (χ1n) is 8.71. The van der Waals surface area contributed by atoms with Gasteiger partial charge in [-0.1, -0.05) is 53.2 Å². The number of carbonyl (C=O) groups is 2. The van der Waals surface area contributed by atoms with Crippen LogP contribution in [-0.2, 0) is 29.0 Å². The Hall–Kier alpha value is -1.73. The molecule has 1 aliphatic rings. The minimum absolute atomic E-state index is 0.0776. The molecule has 138 valence electrons. The Morgan fingerprint density at radius 1 is 1.31 bits per heavy atom. The minimum atomic E-state index is -0.0776. The molecule has 0 bridgehead atoms. The molecule has 1 aromatic carbocycles. The third kappa shape index (κ3) is 4.92. The fourth-order valence-corrected chi connectivity index (χ4v) is 4.20. The Labute approximate surface area is 165 Å². The van der Waals surface area contributed by atoms with Crippen LogP contribution in [0.1, 0.15) is 36.4 Å². The molecular weight excluding hydrogens is 414 g/mol. The topological polar surface area (TPSA) is 62.3 Å². The highest BCUT2D eigenvalue weighted by Gasteiger charge is 2.24. The summed E-state index contributed by atoms with van der Waals surface area (Å²) in [6.45, 7) is 5.41. The van der Waals surface area contributed by atoms with Gasteiger partial charge in [0.1, 0.15) is 0 Å². The van der Waals surface area contributed by atoms with Gasteiger partial charge in [0.25, 0.3) is 0 Å². The zero-order chi connectivity index (χ0) is 18.7. The standard InChI is InChI=1S/C19H22BrN3O2S/c1-12(2)9-18(25)23-8-7-15-16(11-23)26-19(21-15)22-17(24)10-13-3-5-14(20)6-4-13/h3-6,12H,7-11H2,1-2H3,(H,21,22,24). The lowest BCUT2D eigenvalue weighted by atomic mass is 10.1. The third-order valence-electron chi connectivity index (χ3n) is 4.19. The van der Waals surface area contributed by atoms with Crippen molar-refractivity contribution in [1.82, 2.24) is 9.88 Å². The number of benzene rings is 1. The van der Waals surface area contributed by atoms with Gasteiger partial charge in [0.2, 0.25) is 11.8 Å². The van der Waals surface area contributed by atoms with Crippen LogP contribution in [0.3, 0.4) is 0 Å². The van der Waals surface area contributed by atoms with E-state index >= 15 is 0 Å². The van der Waals surface area contributed by atoms with E-state index in [4.69, 9.17) is 0 Å². The number of thiazole rings is 1. The monoisotopic (exact) mass is 435 g/mol. The van der Waals surface area contributed by atoms with Crippen molar-refractivity contribution in [2.24, 2.45) is 5.92 Å². The van der Waals surface area contributed by atoms with Crippen molar-refractivity contribution < 1.29 is 9.59 Å². The maximum atomic E-state index is 12.3. The van der Waals surface area contributed by atoms with E-state index in [1.807, 2.05) is 29.2 Å². The smallest absolute Gasteiger partial charge is 0.230 e. The van der Waals surface area contributed by atoms with Gasteiger partial charge in [-0.15, -0.1) is 0 Å². The molecule has 1 aliphatic heterocycles. The predicted molar refractivity (Wildman–Crippen MR) is 107 cm³/mol. The first-order chi connectivity index (χ1) is 12.4. The maximum Gasteiger partial charge on any atom is 0.230 e. The molecule has 0 unspecified atom stereocenters. The molecule has 0 aliphatic carbocycles. The first-order valence-corrected chi connectivity index (χ1v) is 10.3. The van der Waals surface area contributed by atoms with Crippen molar-refractivity contribution in [2.75, 3.05) is 11.9 Å². The van der Waals surface area contributed by atoms with Crippen LogP contribution in [0.2, 0.25) is 0 Å². The maximum absolute atomic E-state index is 12.3. The first kappa shape index (κ1) is 19.0. The van der Waals surface area contributed by atoms with Crippen molar-refractivity contribution in [2.45, 2.75) is 39.7 Å². The predicted octanol–water partition coefficient (Wildman–Crippen LogP) is 4.02. The van der Waals surface area contributed by atoms with E-state index in [1.165, 1.54) is 11.3 Å². The van der Waals surface area contributed by atoms with Gasteiger partial charge in [0.15, 0.2) is 5.13 Å². The molecule has 0 radical (unpaired) electrons. The average molecular weight is 436 g/mol. The summed E-state index contributed by atoms with van der Waals surface area (Å²) in [5.74, 6) is 0.477. The highest BCUT2D eigenvalue weighted by molar-refractivity contribution is 9.10. The van der Waals surface area contributed by atoms with E-state index in [-0.39, 0.29) is 11.8 Å². The van der Waals surface area contributed by atoms with E-state index in [2.05, 4.69) is 40.1 Å². The van der Waals surface area contributed by atoms with E-state index < -0.39 is 0 Å². The molecule has 0 atom stereocenters. The minimum Gasteiger partial charge on any atom is -0.337 e. The van der Waals surface area contributed by atoms with Crippen LogP contribution < -0.4 is 5.32 Å². The second-order valence-electron chi connectivity index (χ2n) is 6.90. The quantitative estimate of drug-likeness (QED) is 0.770. The van der Waals surface area contributed by atoms with Crippen LogP contribution in [0.5, 0.6) is 0 Å². The van der Waals surface area contributed by atoms with Crippen LogP contribution >= 0.6 is 27.3 Å². The second-order valence-corrected chi connectivity index (χ2v) is 8.90. The molecule has 5 nitrogen and oxygen atoms in total. The Bertz CT molecular complexity index is 802. The number of aromatic nitrogens is 1. The Morgan fingerprint density at radius 3 is 2.73 bits per heavy atom. The average Bonchev–Trinajstić information content (AvgIpc) is 2.97. The van der Waals surface area contributed by atoms with Gasteiger partial charge in [0, 0.05) is 28.7 Å². The number of halogens is 1. The lowest BCUT2D eigenvalue weighted by Crippen LogP contribution is -2.36. The molecule has 1 aromatic heterocycles.